The molecule has 0 atom stereocenters. The van der Waals surface area contributed by atoms with Gasteiger partial charge in [0, 0.05) is 11.1 Å². The fraction of sp³-hybridized carbons (Fsp3) is 0.167. The molecule has 4 rings (SSSR count). The summed E-state index contributed by atoms with van der Waals surface area (Å²) in [6, 6.07) is 9.50. The lowest BCUT2D eigenvalue weighted by atomic mass is 9.99. The minimum Gasteiger partial charge on any atom is -0.495 e. The predicted molar refractivity (Wildman–Crippen MR) is 89.2 cm³/mol. The summed E-state index contributed by atoms with van der Waals surface area (Å²) in [5.41, 5.74) is 10.9. The standard InChI is InChI=1S/C18H16N2O4/c1-10-5-12(7-16-18(10)23-9-22-16)17-13(8-24-20-17)11-3-4-15(21-2)14(19)6-11/h3-8H,9,19H2,1-2H3. The number of nitrogens with two attached hydrogens (primary N) is 1. The minimum absolute atomic E-state index is 0.236. The summed E-state index contributed by atoms with van der Waals surface area (Å²) in [4.78, 5) is 0. The second-order valence-electron chi connectivity index (χ2n) is 5.56. The van der Waals surface area contributed by atoms with Crippen LogP contribution in [0.4, 0.5) is 5.69 Å². The zero-order chi connectivity index (χ0) is 16.7. The number of nitrogens with zero attached hydrogens (tertiary/aromatic N) is 1. The van der Waals surface area contributed by atoms with Crippen molar-refractivity contribution < 1.29 is 18.7 Å². The van der Waals surface area contributed by atoms with Crippen molar-refractivity contribution in [3.8, 4) is 39.6 Å². The Morgan fingerprint density at radius 3 is 2.79 bits per heavy atom. The van der Waals surface area contributed by atoms with E-state index in [0.29, 0.717) is 17.2 Å². The molecule has 2 heterocycles. The lowest BCUT2D eigenvalue weighted by Gasteiger charge is -2.08. The van der Waals surface area contributed by atoms with E-state index in [-0.39, 0.29) is 6.79 Å². The third kappa shape index (κ3) is 2.23. The fourth-order valence-corrected chi connectivity index (χ4v) is 2.87. The summed E-state index contributed by atoms with van der Waals surface area (Å²) < 4.78 is 21.4. The van der Waals surface area contributed by atoms with Crippen molar-refractivity contribution >= 4 is 5.69 Å². The molecular weight excluding hydrogens is 308 g/mol. The van der Waals surface area contributed by atoms with Crippen LogP contribution in [0.3, 0.4) is 0 Å². The predicted octanol–water partition coefficient (Wildman–Crippen LogP) is 3.64. The van der Waals surface area contributed by atoms with Gasteiger partial charge in [0.05, 0.1) is 12.8 Å². The van der Waals surface area contributed by atoms with Crippen LogP contribution in [0.15, 0.2) is 41.1 Å². The van der Waals surface area contributed by atoms with Gasteiger partial charge in [0.1, 0.15) is 17.7 Å². The van der Waals surface area contributed by atoms with Crippen LogP contribution in [0.2, 0.25) is 0 Å². The third-order valence-electron chi connectivity index (χ3n) is 4.04. The molecule has 0 bridgehead atoms. The number of rotatable bonds is 3. The van der Waals surface area contributed by atoms with Gasteiger partial charge >= 0.3 is 0 Å². The number of ether oxygens (including phenoxy) is 3. The maximum absolute atomic E-state index is 6.01. The Labute approximate surface area is 138 Å². The first-order chi connectivity index (χ1) is 11.7. The number of hydrogen-bond acceptors (Lipinski definition) is 6. The third-order valence-corrected chi connectivity index (χ3v) is 4.04. The van der Waals surface area contributed by atoms with E-state index in [2.05, 4.69) is 5.16 Å². The highest BCUT2D eigenvalue weighted by Crippen LogP contribution is 2.41. The molecule has 0 radical (unpaired) electrons. The molecule has 0 saturated heterocycles. The van der Waals surface area contributed by atoms with E-state index in [9.17, 15) is 0 Å². The second-order valence-corrected chi connectivity index (χ2v) is 5.56. The van der Waals surface area contributed by atoms with Gasteiger partial charge in [0.2, 0.25) is 6.79 Å². The van der Waals surface area contributed by atoms with E-state index in [0.717, 1.165) is 33.7 Å². The number of hydrogen-bond donors (Lipinski definition) is 1. The average molecular weight is 324 g/mol. The maximum Gasteiger partial charge on any atom is 0.231 e. The monoisotopic (exact) mass is 324 g/mol. The van der Waals surface area contributed by atoms with Crippen LogP contribution in [-0.2, 0) is 0 Å². The normalized spacial score (nSPS) is 12.4. The van der Waals surface area contributed by atoms with E-state index < -0.39 is 0 Å². The molecule has 1 aromatic heterocycles. The van der Waals surface area contributed by atoms with Crippen LogP contribution in [0.25, 0.3) is 22.4 Å². The van der Waals surface area contributed by atoms with Crippen molar-refractivity contribution in [2.45, 2.75) is 6.92 Å². The van der Waals surface area contributed by atoms with Crippen LogP contribution in [-0.4, -0.2) is 19.1 Å². The van der Waals surface area contributed by atoms with Crippen molar-refractivity contribution in [1.29, 1.82) is 0 Å². The molecule has 0 saturated carbocycles. The van der Waals surface area contributed by atoms with Gasteiger partial charge in [-0.05, 0) is 42.3 Å². The van der Waals surface area contributed by atoms with Gasteiger partial charge in [-0.15, -0.1) is 0 Å². The topological polar surface area (TPSA) is 79.7 Å². The zero-order valence-corrected chi connectivity index (χ0v) is 13.3. The molecule has 0 amide bonds. The molecule has 24 heavy (non-hydrogen) atoms. The summed E-state index contributed by atoms with van der Waals surface area (Å²) in [6.07, 6.45) is 1.61. The Balaban J connectivity index is 1.81. The summed E-state index contributed by atoms with van der Waals surface area (Å²) in [6.45, 7) is 2.21. The highest BCUT2D eigenvalue weighted by atomic mass is 16.7. The number of aryl methyl sites for hydroxylation is 1. The highest BCUT2D eigenvalue weighted by molar-refractivity contribution is 5.83. The largest absolute Gasteiger partial charge is 0.495 e. The average Bonchev–Trinajstić information content (AvgIpc) is 3.23. The smallest absolute Gasteiger partial charge is 0.231 e. The van der Waals surface area contributed by atoms with Gasteiger partial charge in [-0.25, -0.2) is 0 Å². The van der Waals surface area contributed by atoms with Gasteiger partial charge in [0.25, 0.3) is 0 Å². The van der Waals surface area contributed by atoms with Crippen molar-refractivity contribution in [1.82, 2.24) is 5.16 Å². The molecule has 0 aliphatic carbocycles. The maximum atomic E-state index is 6.01. The van der Waals surface area contributed by atoms with Crippen molar-refractivity contribution in [3.05, 3.63) is 42.2 Å². The Bertz CT molecular complexity index is 917. The number of fused-ring (bicyclic) bond motifs is 1. The first-order valence-corrected chi connectivity index (χ1v) is 7.46. The van der Waals surface area contributed by atoms with Gasteiger partial charge in [-0.1, -0.05) is 11.2 Å². The van der Waals surface area contributed by atoms with Gasteiger partial charge in [-0.2, -0.15) is 0 Å². The highest BCUT2D eigenvalue weighted by Gasteiger charge is 2.21. The van der Waals surface area contributed by atoms with E-state index in [1.54, 1.807) is 13.4 Å². The molecular formula is C18H16N2O4. The van der Waals surface area contributed by atoms with Crippen molar-refractivity contribution in [3.63, 3.8) is 0 Å². The molecule has 2 aromatic carbocycles. The van der Waals surface area contributed by atoms with Crippen LogP contribution in [0.5, 0.6) is 17.2 Å². The Morgan fingerprint density at radius 2 is 2.00 bits per heavy atom. The summed E-state index contributed by atoms with van der Waals surface area (Å²) in [5.74, 6) is 2.13. The number of methoxy groups -OCH3 is 1. The SMILES string of the molecule is COc1ccc(-c2conc2-c2cc(C)c3c(c2)OCO3)cc1N. The number of aromatic nitrogens is 1. The van der Waals surface area contributed by atoms with Gasteiger partial charge < -0.3 is 24.5 Å². The number of benzene rings is 2. The molecule has 1 aliphatic heterocycles. The van der Waals surface area contributed by atoms with Crippen LogP contribution >= 0.6 is 0 Å². The molecule has 0 unspecified atom stereocenters. The summed E-state index contributed by atoms with van der Waals surface area (Å²) >= 11 is 0. The fourth-order valence-electron chi connectivity index (χ4n) is 2.87. The Morgan fingerprint density at radius 1 is 1.12 bits per heavy atom. The Hall–Kier alpha value is -3.15. The molecule has 0 fully saturated rings. The molecule has 6 nitrogen and oxygen atoms in total. The minimum atomic E-state index is 0.236. The van der Waals surface area contributed by atoms with Crippen LogP contribution in [0, 0.1) is 6.92 Å². The van der Waals surface area contributed by atoms with Crippen LogP contribution in [0.1, 0.15) is 5.56 Å². The molecule has 0 spiro atoms. The van der Waals surface area contributed by atoms with E-state index >= 15 is 0 Å². The van der Waals surface area contributed by atoms with Gasteiger partial charge in [0.15, 0.2) is 11.5 Å². The zero-order valence-electron chi connectivity index (χ0n) is 13.3. The second kappa shape index (κ2) is 5.49. The van der Waals surface area contributed by atoms with Crippen molar-refractivity contribution in [2.75, 3.05) is 19.6 Å². The molecule has 122 valence electrons. The first-order valence-electron chi connectivity index (χ1n) is 7.46. The quantitative estimate of drug-likeness (QED) is 0.741. The lowest BCUT2D eigenvalue weighted by Crippen LogP contribution is -1.93. The molecule has 3 aromatic rings. The number of nitrogen functional groups attached to an aromatic ring is 1. The van der Waals surface area contributed by atoms with Gasteiger partial charge in [-0.3, -0.25) is 0 Å². The lowest BCUT2D eigenvalue weighted by molar-refractivity contribution is 0.173. The Kier molecular flexibility index (Phi) is 3.30. The first kappa shape index (κ1) is 14.4. The summed E-state index contributed by atoms with van der Waals surface area (Å²) in [5, 5.41) is 4.16. The number of anilines is 1. The molecule has 1 aliphatic rings. The molecule has 2 N–H and O–H groups in total. The molecule has 6 heteroatoms. The van der Waals surface area contributed by atoms with E-state index in [4.69, 9.17) is 24.5 Å². The van der Waals surface area contributed by atoms with Crippen LogP contribution < -0.4 is 19.9 Å². The summed E-state index contributed by atoms with van der Waals surface area (Å²) in [7, 11) is 1.59. The van der Waals surface area contributed by atoms with E-state index in [1.807, 2.05) is 37.3 Å². The van der Waals surface area contributed by atoms with Crippen molar-refractivity contribution in [2.24, 2.45) is 0 Å². The van der Waals surface area contributed by atoms with E-state index in [1.165, 1.54) is 0 Å².